The van der Waals surface area contributed by atoms with E-state index in [0.29, 0.717) is 30.0 Å². The Bertz CT molecular complexity index is 1130. The van der Waals surface area contributed by atoms with Crippen LogP contribution in [0.4, 0.5) is 0 Å². The van der Waals surface area contributed by atoms with Crippen molar-refractivity contribution in [3.05, 3.63) is 95.1 Å². The fourth-order valence-electron chi connectivity index (χ4n) is 3.25. The lowest BCUT2D eigenvalue weighted by molar-refractivity contribution is -0.124. The van der Waals surface area contributed by atoms with Crippen molar-refractivity contribution < 1.29 is 28.6 Å². The molecule has 0 aliphatic rings. The molecule has 0 bridgehead atoms. The molecule has 0 spiro atoms. The number of nitrogens with one attached hydrogen (secondary N) is 1. The molecule has 1 N–H and O–H groups in total. The van der Waals surface area contributed by atoms with Crippen molar-refractivity contribution in [2.45, 2.75) is 6.42 Å². The number of amides is 1. The Labute approximate surface area is 192 Å². The molecular weight excluding hydrogens is 422 g/mol. The van der Waals surface area contributed by atoms with E-state index in [2.05, 4.69) is 5.32 Å². The van der Waals surface area contributed by atoms with Gasteiger partial charge in [-0.25, -0.2) is 4.79 Å². The average molecular weight is 447 g/mol. The lowest BCUT2D eigenvalue weighted by Gasteiger charge is -2.11. The molecule has 0 unspecified atom stereocenters. The molecule has 0 saturated carbocycles. The first-order chi connectivity index (χ1) is 16.0. The van der Waals surface area contributed by atoms with Gasteiger partial charge in [0.15, 0.2) is 23.9 Å². The Morgan fingerprint density at radius 1 is 0.788 bits per heavy atom. The van der Waals surface area contributed by atoms with Crippen LogP contribution in [0.3, 0.4) is 0 Å². The van der Waals surface area contributed by atoms with E-state index in [1.165, 1.54) is 6.07 Å². The maximum Gasteiger partial charge on any atom is 0.339 e. The third kappa shape index (κ3) is 6.20. The van der Waals surface area contributed by atoms with Crippen LogP contribution in [0.5, 0.6) is 11.5 Å². The smallest absolute Gasteiger partial charge is 0.339 e. The number of ketones is 1. The van der Waals surface area contributed by atoms with E-state index in [1.807, 2.05) is 12.1 Å². The number of methoxy groups -OCH3 is 2. The molecule has 0 aliphatic heterocycles. The molecule has 7 nitrogen and oxygen atoms in total. The molecular formula is C26H25NO6. The number of ether oxygens (including phenoxy) is 3. The van der Waals surface area contributed by atoms with E-state index >= 15 is 0 Å². The highest BCUT2D eigenvalue weighted by atomic mass is 16.5. The summed E-state index contributed by atoms with van der Waals surface area (Å²) in [6.07, 6.45) is 0.564. The summed E-state index contributed by atoms with van der Waals surface area (Å²) in [7, 11) is 3.12. The maximum absolute atomic E-state index is 12.8. The fraction of sp³-hybridized carbons (Fsp3) is 0.192. The molecule has 1 amide bonds. The van der Waals surface area contributed by atoms with Crippen LogP contribution in [0.2, 0.25) is 0 Å². The van der Waals surface area contributed by atoms with E-state index < -0.39 is 18.5 Å². The molecule has 0 heterocycles. The number of hydrogen-bond donors (Lipinski definition) is 1. The van der Waals surface area contributed by atoms with Gasteiger partial charge in [0.2, 0.25) is 0 Å². The summed E-state index contributed by atoms with van der Waals surface area (Å²) in [6, 6.07) is 20.6. The van der Waals surface area contributed by atoms with Crippen LogP contribution >= 0.6 is 0 Å². The van der Waals surface area contributed by atoms with Gasteiger partial charge in [0.05, 0.1) is 19.8 Å². The zero-order valence-corrected chi connectivity index (χ0v) is 18.5. The first-order valence-corrected chi connectivity index (χ1v) is 10.4. The van der Waals surface area contributed by atoms with Crippen LogP contribution < -0.4 is 14.8 Å². The van der Waals surface area contributed by atoms with Gasteiger partial charge in [0.1, 0.15) is 0 Å². The van der Waals surface area contributed by atoms with Crippen molar-refractivity contribution >= 4 is 17.7 Å². The zero-order chi connectivity index (χ0) is 23.6. The van der Waals surface area contributed by atoms with Crippen molar-refractivity contribution in [3.8, 4) is 11.5 Å². The van der Waals surface area contributed by atoms with Gasteiger partial charge in [-0.2, -0.15) is 0 Å². The number of hydrogen-bond acceptors (Lipinski definition) is 6. The Kier molecular flexibility index (Phi) is 8.18. The summed E-state index contributed by atoms with van der Waals surface area (Å²) in [6.45, 7) is -0.0897. The van der Waals surface area contributed by atoms with Gasteiger partial charge in [0.25, 0.3) is 5.91 Å². The first kappa shape index (κ1) is 23.5. The van der Waals surface area contributed by atoms with Crippen LogP contribution in [0.1, 0.15) is 31.8 Å². The van der Waals surface area contributed by atoms with Crippen LogP contribution in [0.25, 0.3) is 0 Å². The van der Waals surface area contributed by atoms with E-state index in [0.717, 1.165) is 5.56 Å². The lowest BCUT2D eigenvalue weighted by atomic mass is 9.98. The zero-order valence-electron chi connectivity index (χ0n) is 18.5. The second-order valence-corrected chi connectivity index (χ2v) is 7.11. The molecule has 3 rings (SSSR count). The largest absolute Gasteiger partial charge is 0.493 e. The molecule has 7 heteroatoms. The number of benzene rings is 3. The van der Waals surface area contributed by atoms with Gasteiger partial charge in [-0.05, 0) is 30.2 Å². The molecule has 3 aromatic rings. The van der Waals surface area contributed by atoms with Crippen molar-refractivity contribution in [2.75, 3.05) is 27.4 Å². The second kappa shape index (κ2) is 11.5. The normalized spacial score (nSPS) is 10.2. The predicted molar refractivity (Wildman–Crippen MR) is 123 cm³/mol. The van der Waals surface area contributed by atoms with Crippen molar-refractivity contribution in [1.29, 1.82) is 0 Å². The van der Waals surface area contributed by atoms with Gasteiger partial charge < -0.3 is 19.5 Å². The molecule has 170 valence electrons. The Hall–Kier alpha value is -4.13. The monoisotopic (exact) mass is 447 g/mol. The topological polar surface area (TPSA) is 90.9 Å². The highest BCUT2D eigenvalue weighted by molar-refractivity contribution is 6.14. The van der Waals surface area contributed by atoms with Gasteiger partial charge in [-0.15, -0.1) is 0 Å². The Morgan fingerprint density at radius 3 is 2.15 bits per heavy atom. The summed E-state index contributed by atoms with van der Waals surface area (Å²) in [5.74, 6) is -0.217. The first-order valence-electron chi connectivity index (χ1n) is 10.4. The van der Waals surface area contributed by atoms with Gasteiger partial charge in [-0.1, -0.05) is 54.6 Å². The molecule has 0 atom stereocenters. The predicted octanol–water partition coefficient (Wildman–Crippen LogP) is 3.45. The average Bonchev–Trinajstić information content (AvgIpc) is 2.87. The van der Waals surface area contributed by atoms with E-state index in [-0.39, 0.29) is 16.9 Å². The molecule has 3 aromatic carbocycles. The summed E-state index contributed by atoms with van der Waals surface area (Å²) in [5, 5.41) is 2.71. The minimum absolute atomic E-state index is 0.115. The van der Waals surface area contributed by atoms with Gasteiger partial charge >= 0.3 is 5.97 Å². The van der Waals surface area contributed by atoms with Crippen LogP contribution in [-0.4, -0.2) is 45.0 Å². The molecule has 33 heavy (non-hydrogen) atoms. The van der Waals surface area contributed by atoms with Crippen molar-refractivity contribution in [2.24, 2.45) is 0 Å². The number of rotatable bonds is 10. The highest BCUT2D eigenvalue weighted by Gasteiger charge is 2.19. The molecule has 0 radical (unpaired) electrons. The summed E-state index contributed by atoms with van der Waals surface area (Å²) in [4.78, 5) is 37.5. The quantitative estimate of drug-likeness (QED) is 0.378. The Balaban J connectivity index is 1.53. The third-order valence-corrected chi connectivity index (χ3v) is 4.95. The number of esters is 1. The third-order valence-electron chi connectivity index (χ3n) is 4.95. The highest BCUT2D eigenvalue weighted by Crippen LogP contribution is 2.27. The number of carbonyl (C=O) groups is 3. The molecule has 0 saturated heterocycles. The maximum atomic E-state index is 12.8. The molecule has 0 aromatic heterocycles. The van der Waals surface area contributed by atoms with Gasteiger partial charge in [-0.3, -0.25) is 9.59 Å². The minimum Gasteiger partial charge on any atom is -0.493 e. The SMILES string of the molecule is COc1ccc(CCNC(=O)COC(=O)c2ccccc2C(=O)c2ccccc2)cc1OC. The summed E-state index contributed by atoms with van der Waals surface area (Å²) < 4.78 is 15.6. The summed E-state index contributed by atoms with van der Waals surface area (Å²) in [5.41, 5.74) is 1.76. The standard InChI is InChI=1S/C26H25NO6/c1-31-22-13-12-18(16-23(22)32-2)14-15-27-24(28)17-33-26(30)21-11-7-6-10-20(21)25(29)19-8-4-3-5-9-19/h3-13,16H,14-15,17H2,1-2H3,(H,27,28). The van der Waals surface area contributed by atoms with Crippen LogP contribution in [0.15, 0.2) is 72.8 Å². The fourth-order valence-corrected chi connectivity index (χ4v) is 3.25. The van der Waals surface area contributed by atoms with Gasteiger partial charge in [0, 0.05) is 17.7 Å². The second-order valence-electron chi connectivity index (χ2n) is 7.11. The van der Waals surface area contributed by atoms with Crippen molar-refractivity contribution in [1.82, 2.24) is 5.32 Å². The minimum atomic E-state index is -0.732. The molecule has 0 aliphatic carbocycles. The number of carbonyl (C=O) groups excluding carboxylic acids is 3. The van der Waals surface area contributed by atoms with E-state index in [9.17, 15) is 14.4 Å². The van der Waals surface area contributed by atoms with E-state index in [1.54, 1.807) is 68.8 Å². The lowest BCUT2D eigenvalue weighted by Crippen LogP contribution is -2.30. The Morgan fingerprint density at radius 2 is 1.45 bits per heavy atom. The van der Waals surface area contributed by atoms with E-state index in [4.69, 9.17) is 14.2 Å². The van der Waals surface area contributed by atoms with Crippen LogP contribution in [-0.2, 0) is 16.0 Å². The molecule has 0 fully saturated rings. The van der Waals surface area contributed by atoms with Crippen molar-refractivity contribution in [3.63, 3.8) is 0 Å². The summed E-state index contributed by atoms with van der Waals surface area (Å²) >= 11 is 0. The van der Waals surface area contributed by atoms with Crippen LogP contribution in [0, 0.1) is 0 Å².